The van der Waals surface area contributed by atoms with Crippen molar-refractivity contribution in [3.8, 4) is 0 Å². The molecule has 0 aliphatic carbocycles. The molecule has 0 N–H and O–H groups in total. The Morgan fingerprint density at radius 2 is 2.06 bits per heavy atom. The van der Waals surface area contributed by atoms with Gasteiger partial charge in [-0.25, -0.2) is 18.7 Å². The van der Waals surface area contributed by atoms with Gasteiger partial charge in [-0.1, -0.05) is 0 Å². The van der Waals surface area contributed by atoms with E-state index in [1.54, 1.807) is 11.0 Å². The first-order chi connectivity index (χ1) is 7.74. The van der Waals surface area contributed by atoms with Crippen molar-refractivity contribution in [2.45, 2.75) is 6.17 Å². The Morgan fingerprint density at radius 1 is 1.25 bits per heavy atom. The number of halogens is 2. The van der Waals surface area contributed by atoms with Crippen molar-refractivity contribution in [3.05, 3.63) is 30.3 Å². The molecule has 1 aliphatic heterocycles. The van der Waals surface area contributed by atoms with E-state index in [1.165, 1.54) is 18.5 Å². The van der Waals surface area contributed by atoms with Crippen molar-refractivity contribution in [3.63, 3.8) is 0 Å². The van der Waals surface area contributed by atoms with Crippen molar-refractivity contribution in [1.82, 2.24) is 9.97 Å². The molecule has 2 heterocycles. The van der Waals surface area contributed by atoms with Crippen LogP contribution < -0.4 is 4.90 Å². The van der Waals surface area contributed by atoms with E-state index >= 15 is 0 Å². The third-order valence-electron chi connectivity index (χ3n) is 2.71. The minimum Gasteiger partial charge on any atom is -0.350 e. The molecule has 3 nitrogen and oxygen atoms in total. The van der Waals surface area contributed by atoms with Crippen LogP contribution in [0.25, 0.3) is 10.9 Å². The van der Waals surface area contributed by atoms with Crippen LogP contribution in [-0.2, 0) is 0 Å². The molecular weight excluding hydrogens is 212 g/mol. The second-order valence-corrected chi connectivity index (χ2v) is 3.86. The molecule has 1 aromatic heterocycles. The molecule has 0 bridgehead atoms. The van der Waals surface area contributed by atoms with E-state index in [2.05, 4.69) is 9.97 Å². The monoisotopic (exact) mass is 221 g/mol. The van der Waals surface area contributed by atoms with Gasteiger partial charge in [0.15, 0.2) is 0 Å². The highest BCUT2D eigenvalue weighted by Crippen LogP contribution is 2.27. The maximum atomic E-state index is 13.1. The number of aromatic nitrogens is 2. The van der Waals surface area contributed by atoms with Crippen molar-refractivity contribution in [1.29, 1.82) is 0 Å². The summed E-state index contributed by atoms with van der Waals surface area (Å²) in [5.41, 5.74) is 0.675. The highest BCUT2D eigenvalue weighted by atomic mass is 19.1. The number of nitrogens with zero attached hydrogens (tertiary/aromatic N) is 3. The van der Waals surface area contributed by atoms with Crippen LogP contribution in [0.1, 0.15) is 0 Å². The lowest BCUT2D eigenvalue weighted by Gasteiger charge is -2.35. The molecule has 3 rings (SSSR count). The van der Waals surface area contributed by atoms with Gasteiger partial charge >= 0.3 is 0 Å². The van der Waals surface area contributed by atoms with E-state index in [1.807, 2.05) is 0 Å². The SMILES string of the molecule is Fc1ccc2ncnc(N3CC(F)C3)c2c1. The van der Waals surface area contributed by atoms with Crippen LogP contribution >= 0.6 is 0 Å². The van der Waals surface area contributed by atoms with Gasteiger partial charge in [0.1, 0.15) is 24.1 Å². The predicted molar refractivity (Wildman–Crippen MR) is 56.6 cm³/mol. The van der Waals surface area contributed by atoms with E-state index < -0.39 is 6.17 Å². The molecule has 1 aliphatic rings. The predicted octanol–water partition coefficient (Wildman–Crippen LogP) is 1.93. The van der Waals surface area contributed by atoms with Gasteiger partial charge in [0.25, 0.3) is 0 Å². The first-order valence-corrected chi connectivity index (χ1v) is 5.03. The first-order valence-electron chi connectivity index (χ1n) is 5.03. The maximum absolute atomic E-state index is 13.1. The second kappa shape index (κ2) is 3.37. The number of fused-ring (bicyclic) bond motifs is 1. The Labute approximate surface area is 90.7 Å². The van der Waals surface area contributed by atoms with Crippen LogP contribution in [0.4, 0.5) is 14.6 Å². The Morgan fingerprint density at radius 3 is 2.81 bits per heavy atom. The zero-order valence-corrected chi connectivity index (χ0v) is 8.40. The summed E-state index contributed by atoms with van der Waals surface area (Å²) < 4.78 is 25.9. The molecule has 0 radical (unpaired) electrons. The summed E-state index contributed by atoms with van der Waals surface area (Å²) in [5, 5.41) is 0.634. The van der Waals surface area contributed by atoms with Crippen molar-refractivity contribution in [2.75, 3.05) is 18.0 Å². The summed E-state index contributed by atoms with van der Waals surface area (Å²) >= 11 is 0. The highest BCUT2D eigenvalue weighted by Gasteiger charge is 2.28. The van der Waals surface area contributed by atoms with Gasteiger partial charge in [-0.05, 0) is 18.2 Å². The fraction of sp³-hybridized carbons (Fsp3) is 0.273. The lowest BCUT2D eigenvalue weighted by Crippen LogP contribution is -2.48. The Bertz CT molecular complexity index is 538. The minimum absolute atomic E-state index is 0.322. The average molecular weight is 221 g/mol. The maximum Gasteiger partial charge on any atom is 0.140 e. The summed E-state index contributed by atoms with van der Waals surface area (Å²) in [6, 6.07) is 4.34. The third-order valence-corrected chi connectivity index (χ3v) is 2.71. The second-order valence-electron chi connectivity index (χ2n) is 3.86. The third kappa shape index (κ3) is 1.39. The topological polar surface area (TPSA) is 29.0 Å². The van der Waals surface area contributed by atoms with Gasteiger partial charge in [0, 0.05) is 5.39 Å². The molecular formula is C11H9F2N3. The van der Waals surface area contributed by atoms with Crippen LogP contribution in [0, 0.1) is 5.82 Å². The van der Waals surface area contributed by atoms with Crippen LogP contribution in [-0.4, -0.2) is 29.2 Å². The van der Waals surface area contributed by atoms with Gasteiger partial charge in [-0.3, -0.25) is 0 Å². The molecule has 1 saturated heterocycles. The highest BCUT2D eigenvalue weighted by molar-refractivity contribution is 5.89. The molecule has 16 heavy (non-hydrogen) atoms. The summed E-state index contributed by atoms with van der Waals surface area (Å²) in [6.07, 6.45) is 0.611. The minimum atomic E-state index is -0.807. The Kier molecular flexibility index (Phi) is 1.99. The lowest BCUT2D eigenvalue weighted by molar-refractivity contribution is 0.274. The Hall–Kier alpha value is -1.78. The van der Waals surface area contributed by atoms with E-state index in [-0.39, 0.29) is 5.82 Å². The molecule has 82 valence electrons. The fourth-order valence-electron chi connectivity index (χ4n) is 1.86. The van der Waals surface area contributed by atoms with E-state index in [0.29, 0.717) is 29.8 Å². The molecule has 1 aromatic carbocycles. The van der Waals surface area contributed by atoms with E-state index in [0.717, 1.165) is 0 Å². The number of benzene rings is 1. The molecule has 0 amide bonds. The zero-order chi connectivity index (χ0) is 11.1. The van der Waals surface area contributed by atoms with Crippen LogP contribution in [0.5, 0.6) is 0 Å². The van der Waals surface area contributed by atoms with Gasteiger partial charge in [0.05, 0.1) is 18.6 Å². The number of anilines is 1. The summed E-state index contributed by atoms with van der Waals surface area (Å²) in [5.74, 6) is 0.277. The van der Waals surface area contributed by atoms with E-state index in [4.69, 9.17) is 0 Å². The van der Waals surface area contributed by atoms with Crippen molar-refractivity contribution in [2.24, 2.45) is 0 Å². The van der Waals surface area contributed by atoms with Crippen LogP contribution in [0.2, 0.25) is 0 Å². The normalized spacial score (nSPS) is 16.5. The number of hydrogen-bond donors (Lipinski definition) is 0. The molecule has 2 aromatic rings. The zero-order valence-electron chi connectivity index (χ0n) is 8.40. The van der Waals surface area contributed by atoms with Gasteiger partial charge < -0.3 is 4.90 Å². The number of hydrogen-bond acceptors (Lipinski definition) is 3. The quantitative estimate of drug-likeness (QED) is 0.736. The van der Waals surface area contributed by atoms with E-state index in [9.17, 15) is 8.78 Å². The summed E-state index contributed by atoms with van der Waals surface area (Å²) in [7, 11) is 0. The van der Waals surface area contributed by atoms with Gasteiger partial charge in [-0.2, -0.15) is 0 Å². The van der Waals surface area contributed by atoms with Crippen molar-refractivity contribution < 1.29 is 8.78 Å². The molecule has 5 heteroatoms. The van der Waals surface area contributed by atoms with Crippen LogP contribution in [0.15, 0.2) is 24.5 Å². The number of alkyl halides is 1. The largest absolute Gasteiger partial charge is 0.350 e. The summed E-state index contributed by atoms with van der Waals surface area (Å²) in [4.78, 5) is 9.92. The molecule has 0 unspecified atom stereocenters. The molecule has 1 fully saturated rings. The molecule has 0 spiro atoms. The van der Waals surface area contributed by atoms with Gasteiger partial charge in [0.2, 0.25) is 0 Å². The smallest absolute Gasteiger partial charge is 0.140 e. The molecule has 0 saturated carbocycles. The lowest BCUT2D eigenvalue weighted by atomic mass is 10.1. The average Bonchev–Trinajstić information content (AvgIpc) is 2.24. The summed E-state index contributed by atoms with van der Waals surface area (Å²) in [6.45, 7) is 0.644. The number of rotatable bonds is 1. The Balaban J connectivity index is 2.13. The van der Waals surface area contributed by atoms with Gasteiger partial charge in [-0.15, -0.1) is 0 Å². The standard InChI is InChI=1S/C11H9F2N3/c12-7-1-2-10-9(3-7)11(15-6-14-10)16-4-8(13)5-16/h1-3,6,8H,4-5H2. The molecule has 0 atom stereocenters. The first kappa shape index (κ1) is 9.45. The fourth-order valence-corrected chi connectivity index (χ4v) is 1.86. The van der Waals surface area contributed by atoms with Crippen LogP contribution in [0.3, 0.4) is 0 Å². The van der Waals surface area contributed by atoms with Crippen molar-refractivity contribution >= 4 is 16.7 Å².